The topological polar surface area (TPSA) is 123 Å². The number of nitrogens with one attached hydrogen (secondary N) is 2. The minimum absolute atomic E-state index is 0.213. The molecule has 0 bridgehead atoms. The smallest absolute Gasteiger partial charge is 0.410 e. The maximum atomic E-state index is 11.9. The minimum atomic E-state index is -0.791. The lowest BCUT2D eigenvalue weighted by Crippen LogP contribution is -2.34. The van der Waals surface area contributed by atoms with Gasteiger partial charge in [-0.2, -0.15) is 0 Å². The van der Waals surface area contributed by atoms with Crippen molar-refractivity contribution >= 4 is 6.09 Å². The van der Waals surface area contributed by atoms with Gasteiger partial charge in [0.15, 0.2) is 0 Å². The summed E-state index contributed by atoms with van der Waals surface area (Å²) in [5.74, 6) is 0.431. The van der Waals surface area contributed by atoms with Crippen LogP contribution in [0.2, 0.25) is 0 Å². The number of aromatic nitrogens is 2. The van der Waals surface area contributed by atoms with Crippen LogP contribution in [-0.4, -0.2) is 39.5 Å². The van der Waals surface area contributed by atoms with E-state index in [9.17, 15) is 19.5 Å². The van der Waals surface area contributed by atoms with Crippen LogP contribution in [0, 0.1) is 6.92 Å². The summed E-state index contributed by atoms with van der Waals surface area (Å²) in [7, 11) is 0. The Morgan fingerprint density at radius 2 is 2.11 bits per heavy atom. The molecule has 9 heteroatoms. The largest absolute Gasteiger partial charge is 0.412 e. The van der Waals surface area contributed by atoms with Crippen molar-refractivity contribution in [2.24, 2.45) is 0 Å². The number of nitrogens with zero attached hydrogens (tertiary/aromatic N) is 1. The van der Waals surface area contributed by atoms with Gasteiger partial charge in [0.1, 0.15) is 12.0 Å². The van der Waals surface area contributed by atoms with Crippen LogP contribution in [0.15, 0.2) is 46.1 Å². The highest BCUT2D eigenvalue weighted by molar-refractivity contribution is 5.70. The molecule has 3 rings (SSSR count). The number of ether oxygens (including phenoxy) is 2. The van der Waals surface area contributed by atoms with E-state index in [4.69, 9.17) is 9.47 Å². The molecule has 1 saturated heterocycles. The van der Waals surface area contributed by atoms with Gasteiger partial charge in [0.25, 0.3) is 5.56 Å². The van der Waals surface area contributed by atoms with Gasteiger partial charge < -0.3 is 19.9 Å². The van der Waals surface area contributed by atoms with Crippen LogP contribution in [0.3, 0.4) is 0 Å². The number of hydrogen-bond acceptors (Lipinski definition) is 6. The number of aryl methyl sites for hydroxylation is 1. The maximum Gasteiger partial charge on any atom is 0.412 e. The van der Waals surface area contributed by atoms with Gasteiger partial charge in [0.2, 0.25) is 0 Å². The molecular weight excluding hydrogens is 354 g/mol. The second-order valence-corrected chi connectivity index (χ2v) is 6.33. The van der Waals surface area contributed by atoms with Gasteiger partial charge in [-0.3, -0.25) is 14.3 Å². The summed E-state index contributed by atoms with van der Waals surface area (Å²) < 4.78 is 12.1. The second kappa shape index (κ2) is 8.19. The summed E-state index contributed by atoms with van der Waals surface area (Å²) in [6.07, 6.45) is -0.645. The molecule has 3 N–H and O–H groups in total. The zero-order valence-corrected chi connectivity index (χ0v) is 14.8. The van der Waals surface area contributed by atoms with Crippen LogP contribution in [0.5, 0.6) is 5.75 Å². The molecule has 1 aliphatic rings. The van der Waals surface area contributed by atoms with E-state index in [1.807, 2.05) is 6.07 Å². The van der Waals surface area contributed by atoms with Gasteiger partial charge >= 0.3 is 11.8 Å². The monoisotopic (exact) mass is 375 g/mol. The first-order chi connectivity index (χ1) is 12.9. The fourth-order valence-corrected chi connectivity index (χ4v) is 2.89. The van der Waals surface area contributed by atoms with Crippen LogP contribution >= 0.6 is 0 Å². The highest BCUT2D eigenvalue weighted by atomic mass is 16.6. The van der Waals surface area contributed by atoms with E-state index in [0.717, 1.165) is 0 Å². The van der Waals surface area contributed by atoms with E-state index < -0.39 is 35.8 Å². The Hall–Kier alpha value is -2.91. The van der Waals surface area contributed by atoms with Crippen LogP contribution in [-0.2, 0) is 4.74 Å². The first kappa shape index (κ1) is 18.9. The summed E-state index contributed by atoms with van der Waals surface area (Å²) in [5.41, 5.74) is -0.665. The van der Waals surface area contributed by atoms with E-state index in [2.05, 4.69) is 10.3 Å². The first-order valence-electron chi connectivity index (χ1n) is 8.60. The molecule has 3 unspecified atom stereocenters. The molecule has 2 heterocycles. The quantitative estimate of drug-likeness (QED) is 0.706. The summed E-state index contributed by atoms with van der Waals surface area (Å²) in [6, 6.07) is 8.66. The molecule has 3 atom stereocenters. The molecule has 0 aliphatic carbocycles. The number of carbonyl (C=O) groups excluding carboxylic acids is 1. The van der Waals surface area contributed by atoms with Gasteiger partial charge in [-0.1, -0.05) is 18.2 Å². The second-order valence-electron chi connectivity index (χ2n) is 6.33. The van der Waals surface area contributed by atoms with Crippen molar-refractivity contribution in [1.29, 1.82) is 0 Å². The number of benzene rings is 1. The van der Waals surface area contributed by atoms with Crippen molar-refractivity contribution in [3.8, 4) is 5.75 Å². The van der Waals surface area contributed by atoms with E-state index in [1.54, 1.807) is 31.2 Å². The lowest BCUT2D eigenvalue weighted by molar-refractivity contribution is -0.0237. The SMILES string of the molecule is Cc1cn(C2CC(O)C(CCNC(=O)Oc3ccccc3)O2)c(=O)[nH]c1=O. The molecule has 144 valence electrons. The standard InChI is InChI=1S/C18H21N3O6/c1-11-10-21(17(24)20-16(11)23)15-9-13(22)14(27-15)7-8-19-18(25)26-12-5-3-2-4-6-12/h2-6,10,13-15,22H,7-9H2,1H3,(H,19,25)(H,20,23,24). The van der Waals surface area contributed by atoms with Crippen molar-refractivity contribution in [3.63, 3.8) is 0 Å². The normalized spacial score (nSPS) is 21.8. The molecule has 1 amide bonds. The lowest BCUT2D eigenvalue weighted by Gasteiger charge is -2.16. The molecule has 1 fully saturated rings. The Balaban J connectivity index is 1.52. The number of aromatic amines is 1. The Kier molecular flexibility index (Phi) is 5.72. The molecule has 2 aromatic rings. The number of H-pyrrole nitrogens is 1. The summed E-state index contributed by atoms with van der Waals surface area (Å²) in [6.45, 7) is 1.82. The van der Waals surface area contributed by atoms with E-state index >= 15 is 0 Å². The van der Waals surface area contributed by atoms with Crippen LogP contribution in [0.25, 0.3) is 0 Å². The zero-order valence-electron chi connectivity index (χ0n) is 14.8. The van der Waals surface area contributed by atoms with Crippen LogP contribution in [0.4, 0.5) is 4.79 Å². The predicted octanol–water partition coefficient (Wildman–Crippen LogP) is 0.672. The Bertz CT molecular complexity index is 907. The highest BCUT2D eigenvalue weighted by Gasteiger charge is 2.35. The summed E-state index contributed by atoms with van der Waals surface area (Å²) in [5, 5.41) is 12.8. The minimum Gasteiger partial charge on any atom is -0.410 e. The van der Waals surface area contributed by atoms with Crippen molar-refractivity contribution < 1.29 is 19.4 Å². The molecule has 27 heavy (non-hydrogen) atoms. The Morgan fingerprint density at radius 3 is 2.85 bits per heavy atom. The highest BCUT2D eigenvalue weighted by Crippen LogP contribution is 2.29. The molecule has 1 aliphatic heterocycles. The predicted molar refractivity (Wildman–Crippen MR) is 95.7 cm³/mol. The molecule has 1 aromatic carbocycles. The third kappa shape index (κ3) is 4.63. The number of hydrogen-bond donors (Lipinski definition) is 3. The summed E-state index contributed by atoms with van der Waals surface area (Å²) in [4.78, 5) is 37.4. The maximum absolute atomic E-state index is 11.9. The number of aliphatic hydroxyl groups excluding tert-OH is 1. The fraction of sp³-hybridized carbons (Fsp3) is 0.389. The van der Waals surface area contributed by atoms with E-state index in [1.165, 1.54) is 10.8 Å². The van der Waals surface area contributed by atoms with Crippen LogP contribution in [0.1, 0.15) is 24.6 Å². The van der Waals surface area contributed by atoms with E-state index in [-0.39, 0.29) is 13.0 Å². The lowest BCUT2D eigenvalue weighted by atomic mass is 10.1. The van der Waals surface area contributed by atoms with Gasteiger partial charge in [-0.05, 0) is 25.5 Å². The van der Waals surface area contributed by atoms with Gasteiger partial charge in [0.05, 0.1) is 12.2 Å². The van der Waals surface area contributed by atoms with E-state index in [0.29, 0.717) is 17.7 Å². The van der Waals surface area contributed by atoms with Crippen molar-refractivity contribution in [2.45, 2.75) is 38.2 Å². The number of rotatable bonds is 5. The zero-order chi connectivity index (χ0) is 19.4. The molecule has 0 spiro atoms. The molecule has 1 aromatic heterocycles. The Labute approximate surface area is 154 Å². The molecule has 9 nitrogen and oxygen atoms in total. The number of aliphatic hydroxyl groups is 1. The third-order valence-electron chi connectivity index (χ3n) is 4.31. The van der Waals surface area contributed by atoms with Gasteiger partial charge in [-0.15, -0.1) is 0 Å². The summed E-state index contributed by atoms with van der Waals surface area (Å²) >= 11 is 0. The third-order valence-corrected chi connectivity index (χ3v) is 4.31. The van der Waals surface area contributed by atoms with Gasteiger partial charge in [0, 0.05) is 24.7 Å². The Morgan fingerprint density at radius 1 is 1.37 bits per heavy atom. The number of amides is 1. The molecule has 0 saturated carbocycles. The van der Waals surface area contributed by atoms with Crippen LogP contribution < -0.4 is 21.3 Å². The molecule has 0 radical (unpaired) electrons. The average molecular weight is 375 g/mol. The number of para-hydroxylation sites is 1. The average Bonchev–Trinajstić information content (AvgIpc) is 2.99. The van der Waals surface area contributed by atoms with Gasteiger partial charge in [-0.25, -0.2) is 9.59 Å². The van der Waals surface area contributed by atoms with Crippen molar-refractivity contribution in [1.82, 2.24) is 14.9 Å². The molecular formula is C18H21N3O6. The van der Waals surface area contributed by atoms with Crippen molar-refractivity contribution in [2.75, 3.05) is 6.54 Å². The van der Waals surface area contributed by atoms with Crippen molar-refractivity contribution in [3.05, 3.63) is 62.9 Å². The number of carbonyl (C=O) groups is 1. The fourth-order valence-electron chi connectivity index (χ4n) is 2.89. The first-order valence-corrected chi connectivity index (χ1v) is 8.60.